The zero-order valence-corrected chi connectivity index (χ0v) is 9.65. The second kappa shape index (κ2) is 6.81. The van der Waals surface area contributed by atoms with Gasteiger partial charge in [0.15, 0.2) is 6.10 Å². The molecule has 0 saturated carbocycles. The average molecular weight is 231 g/mol. The molecule has 0 rings (SSSR count). The van der Waals surface area contributed by atoms with Gasteiger partial charge in [-0.05, 0) is 6.42 Å². The molecular formula is C10H17NO5. The average Bonchev–Trinajstić information content (AvgIpc) is 2.21. The maximum absolute atomic E-state index is 11.1. The lowest BCUT2D eigenvalue weighted by molar-refractivity contribution is -0.163. The Morgan fingerprint density at radius 3 is 2.25 bits per heavy atom. The molecule has 1 amide bonds. The van der Waals surface area contributed by atoms with Crippen LogP contribution in [0.2, 0.25) is 0 Å². The van der Waals surface area contributed by atoms with Gasteiger partial charge < -0.3 is 15.2 Å². The van der Waals surface area contributed by atoms with Crippen molar-refractivity contribution < 1.29 is 24.2 Å². The maximum Gasteiger partial charge on any atom is 0.345 e. The van der Waals surface area contributed by atoms with E-state index < -0.39 is 18.0 Å². The number of amides is 1. The van der Waals surface area contributed by atoms with Gasteiger partial charge in [0.2, 0.25) is 5.91 Å². The Hall–Kier alpha value is -1.59. The quantitative estimate of drug-likeness (QED) is 0.635. The van der Waals surface area contributed by atoms with Gasteiger partial charge in [0.05, 0.1) is 0 Å². The summed E-state index contributed by atoms with van der Waals surface area (Å²) in [5, 5.41) is 11.0. The Morgan fingerprint density at radius 2 is 1.88 bits per heavy atom. The molecule has 0 aliphatic rings. The number of hydrogen-bond donors (Lipinski definition) is 2. The van der Waals surface area contributed by atoms with E-state index in [9.17, 15) is 14.4 Å². The Labute approximate surface area is 94.0 Å². The zero-order chi connectivity index (χ0) is 12.7. The van der Waals surface area contributed by atoms with Crippen molar-refractivity contribution in [3.8, 4) is 0 Å². The molecule has 2 N–H and O–H groups in total. The summed E-state index contributed by atoms with van der Waals surface area (Å²) in [6.45, 7) is 4.67. The fraction of sp³-hybridized carbons (Fsp3) is 0.700. The highest BCUT2D eigenvalue weighted by Gasteiger charge is 2.20. The highest BCUT2D eigenvalue weighted by atomic mass is 16.6. The third-order valence-electron chi connectivity index (χ3n) is 1.85. The van der Waals surface area contributed by atoms with Crippen LogP contribution in [-0.2, 0) is 19.1 Å². The minimum absolute atomic E-state index is 0.194. The van der Waals surface area contributed by atoms with Gasteiger partial charge >= 0.3 is 11.9 Å². The van der Waals surface area contributed by atoms with E-state index in [4.69, 9.17) is 5.11 Å². The largest absolute Gasteiger partial charge is 0.479 e. The van der Waals surface area contributed by atoms with E-state index in [-0.39, 0.29) is 24.8 Å². The Bertz CT molecular complexity index is 274. The van der Waals surface area contributed by atoms with Gasteiger partial charge in [0.1, 0.15) is 6.54 Å². The standard InChI is InChI=1S/C10H17NO5/c1-4-7(10(14)15)16-8(12)5-11-9(13)6(2)3/h6-7H,4-5H2,1-3H3,(H,11,13)(H,14,15). The fourth-order valence-corrected chi connectivity index (χ4v) is 0.872. The Balaban J connectivity index is 3.99. The monoisotopic (exact) mass is 231 g/mol. The van der Waals surface area contributed by atoms with E-state index in [2.05, 4.69) is 10.1 Å². The summed E-state index contributed by atoms with van der Waals surface area (Å²) in [5.41, 5.74) is 0. The predicted octanol–water partition coefficient (Wildman–Crippen LogP) is 0.165. The maximum atomic E-state index is 11.1. The molecule has 0 heterocycles. The van der Waals surface area contributed by atoms with E-state index in [1.807, 2.05) is 0 Å². The molecule has 0 saturated heterocycles. The smallest absolute Gasteiger partial charge is 0.345 e. The van der Waals surface area contributed by atoms with Crippen LogP contribution in [0.1, 0.15) is 27.2 Å². The van der Waals surface area contributed by atoms with Gasteiger partial charge in [-0.1, -0.05) is 20.8 Å². The van der Waals surface area contributed by atoms with Gasteiger partial charge in [-0.25, -0.2) is 4.79 Å². The number of nitrogens with one attached hydrogen (secondary N) is 1. The zero-order valence-electron chi connectivity index (χ0n) is 9.65. The van der Waals surface area contributed by atoms with Crippen molar-refractivity contribution in [2.45, 2.75) is 33.3 Å². The summed E-state index contributed by atoms with van der Waals surface area (Å²) in [5.74, 6) is -2.44. The number of aliphatic carboxylic acids is 1. The third-order valence-corrected chi connectivity index (χ3v) is 1.85. The number of carbonyl (C=O) groups is 3. The minimum atomic E-state index is -1.19. The molecule has 0 bridgehead atoms. The number of carboxylic acids is 1. The summed E-state index contributed by atoms with van der Waals surface area (Å²) in [6.07, 6.45) is -0.956. The molecule has 16 heavy (non-hydrogen) atoms. The molecule has 92 valence electrons. The molecule has 0 radical (unpaired) electrons. The molecule has 0 spiro atoms. The number of carboxylic acid groups (broad SMARTS) is 1. The van der Waals surface area contributed by atoms with Crippen LogP contribution in [0, 0.1) is 5.92 Å². The van der Waals surface area contributed by atoms with Gasteiger partial charge in [0.25, 0.3) is 0 Å². The first-order chi connectivity index (χ1) is 7.38. The number of rotatable bonds is 6. The second-order valence-electron chi connectivity index (χ2n) is 3.60. The van der Waals surface area contributed by atoms with E-state index in [0.717, 1.165) is 0 Å². The summed E-state index contributed by atoms with van der Waals surface area (Å²) < 4.78 is 4.64. The molecule has 0 aliphatic carbocycles. The molecule has 0 aromatic carbocycles. The topological polar surface area (TPSA) is 92.7 Å². The lowest BCUT2D eigenvalue weighted by Crippen LogP contribution is -2.36. The van der Waals surface area contributed by atoms with E-state index >= 15 is 0 Å². The normalized spacial score (nSPS) is 12.0. The molecule has 0 aromatic heterocycles. The van der Waals surface area contributed by atoms with Crippen LogP contribution in [0.3, 0.4) is 0 Å². The number of hydrogen-bond acceptors (Lipinski definition) is 4. The molecule has 0 fully saturated rings. The molecule has 6 heteroatoms. The molecule has 1 unspecified atom stereocenters. The van der Waals surface area contributed by atoms with Gasteiger partial charge in [-0.2, -0.15) is 0 Å². The highest BCUT2D eigenvalue weighted by Crippen LogP contribution is 1.98. The summed E-state index contributed by atoms with van der Waals surface area (Å²) in [4.78, 5) is 32.8. The van der Waals surface area contributed by atoms with Gasteiger partial charge in [-0.3, -0.25) is 9.59 Å². The van der Waals surface area contributed by atoms with Crippen LogP contribution in [0.15, 0.2) is 0 Å². The van der Waals surface area contributed by atoms with Crippen molar-refractivity contribution >= 4 is 17.8 Å². The predicted molar refractivity (Wildman–Crippen MR) is 55.7 cm³/mol. The summed E-state index contributed by atoms with van der Waals surface area (Å²) in [7, 11) is 0. The van der Waals surface area contributed by atoms with Gasteiger partial charge in [-0.15, -0.1) is 0 Å². The number of esters is 1. The van der Waals surface area contributed by atoms with E-state index in [1.165, 1.54) is 0 Å². The van der Waals surface area contributed by atoms with Crippen LogP contribution < -0.4 is 5.32 Å². The SMILES string of the molecule is CCC(OC(=O)CNC(=O)C(C)C)C(=O)O. The van der Waals surface area contributed by atoms with Crippen molar-refractivity contribution in [3.63, 3.8) is 0 Å². The van der Waals surface area contributed by atoms with Crippen molar-refractivity contribution in [2.75, 3.05) is 6.54 Å². The van der Waals surface area contributed by atoms with Crippen molar-refractivity contribution in [1.82, 2.24) is 5.32 Å². The summed E-state index contributed by atoms with van der Waals surface area (Å²) >= 11 is 0. The van der Waals surface area contributed by atoms with Crippen LogP contribution in [0.5, 0.6) is 0 Å². The van der Waals surface area contributed by atoms with Gasteiger partial charge in [0, 0.05) is 5.92 Å². The molecule has 6 nitrogen and oxygen atoms in total. The fourth-order valence-electron chi connectivity index (χ4n) is 0.872. The van der Waals surface area contributed by atoms with Crippen LogP contribution in [-0.4, -0.2) is 35.6 Å². The van der Waals surface area contributed by atoms with Crippen molar-refractivity contribution in [1.29, 1.82) is 0 Å². The lowest BCUT2D eigenvalue weighted by atomic mass is 10.2. The first-order valence-electron chi connectivity index (χ1n) is 5.08. The number of carbonyl (C=O) groups excluding carboxylic acids is 2. The first-order valence-corrected chi connectivity index (χ1v) is 5.08. The molecule has 1 atom stereocenters. The third kappa shape index (κ3) is 5.33. The van der Waals surface area contributed by atoms with E-state index in [0.29, 0.717) is 0 Å². The van der Waals surface area contributed by atoms with Crippen molar-refractivity contribution in [3.05, 3.63) is 0 Å². The van der Waals surface area contributed by atoms with Crippen LogP contribution in [0.25, 0.3) is 0 Å². The second-order valence-corrected chi connectivity index (χ2v) is 3.60. The molecule has 0 aromatic rings. The van der Waals surface area contributed by atoms with Crippen molar-refractivity contribution in [2.24, 2.45) is 5.92 Å². The van der Waals surface area contributed by atoms with E-state index in [1.54, 1.807) is 20.8 Å². The lowest BCUT2D eigenvalue weighted by Gasteiger charge is -2.12. The number of ether oxygens (including phenoxy) is 1. The minimum Gasteiger partial charge on any atom is -0.479 e. The van der Waals surface area contributed by atoms with Crippen LogP contribution >= 0.6 is 0 Å². The van der Waals surface area contributed by atoms with Crippen LogP contribution in [0.4, 0.5) is 0 Å². The summed E-state index contributed by atoms with van der Waals surface area (Å²) in [6, 6.07) is 0. The first kappa shape index (κ1) is 14.4. The highest BCUT2D eigenvalue weighted by molar-refractivity contribution is 5.84. The Morgan fingerprint density at radius 1 is 1.31 bits per heavy atom. The molecule has 0 aliphatic heterocycles. The molecular weight excluding hydrogens is 214 g/mol. The Kier molecular flexibility index (Phi) is 6.14.